The molecule has 1 amide bonds. The van der Waals surface area contributed by atoms with Crippen molar-refractivity contribution in [3.8, 4) is 0 Å². The van der Waals surface area contributed by atoms with Crippen molar-refractivity contribution in [2.75, 3.05) is 30.9 Å². The van der Waals surface area contributed by atoms with Crippen LogP contribution in [0.25, 0.3) is 0 Å². The van der Waals surface area contributed by atoms with Crippen molar-refractivity contribution in [1.29, 1.82) is 0 Å². The van der Waals surface area contributed by atoms with Crippen LogP contribution in [0.5, 0.6) is 0 Å². The van der Waals surface area contributed by atoms with E-state index in [0.717, 1.165) is 30.9 Å². The molecule has 1 aromatic heterocycles. The Labute approximate surface area is 114 Å². The van der Waals surface area contributed by atoms with Crippen LogP contribution in [0.2, 0.25) is 0 Å². The van der Waals surface area contributed by atoms with E-state index in [-0.39, 0.29) is 11.9 Å². The van der Waals surface area contributed by atoms with Crippen LogP contribution in [0, 0.1) is 5.92 Å². The number of nitrogens with zero attached hydrogens (tertiary/aromatic N) is 2. The average Bonchev–Trinajstić information content (AvgIpc) is 2.39. The number of rotatable bonds is 3. The molecule has 0 saturated carbocycles. The van der Waals surface area contributed by atoms with Gasteiger partial charge in [0, 0.05) is 20.3 Å². The highest BCUT2D eigenvalue weighted by atomic mass is 16.2. The number of nitrogens with one attached hydrogen (secondary N) is 2. The fourth-order valence-corrected chi connectivity index (χ4v) is 2.38. The second-order valence-electron chi connectivity index (χ2n) is 5.39. The number of amides is 1. The Bertz CT molecular complexity index is 447. The fourth-order valence-electron chi connectivity index (χ4n) is 2.38. The molecular formula is C14H22N4O. The van der Waals surface area contributed by atoms with Gasteiger partial charge in [0.25, 0.3) is 0 Å². The fraction of sp³-hybridized carbons (Fsp3) is 0.571. The van der Waals surface area contributed by atoms with Gasteiger partial charge >= 0.3 is 0 Å². The van der Waals surface area contributed by atoms with Crippen molar-refractivity contribution >= 4 is 17.4 Å². The van der Waals surface area contributed by atoms with Crippen LogP contribution in [0.15, 0.2) is 18.3 Å². The van der Waals surface area contributed by atoms with Gasteiger partial charge in [0.15, 0.2) is 5.82 Å². The van der Waals surface area contributed by atoms with E-state index >= 15 is 0 Å². The third-order valence-electron chi connectivity index (χ3n) is 3.45. The molecular weight excluding hydrogens is 240 g/mol. The molecule has 2 heterocycles. The maximum Gasteiger partial charge on any atom is 0.241 e. The van der Waals surface area contributed by atoms with E-state index in [2.05, 4.69) is 22.5 Å². The van der Waals surface area contributed by atoms with Crippen LogP contribution >= 0.6 is 0 Å². The number of piperidine rings is 1. The lowest BCUT2D eigenvalue weighted by molar-refractivity contribution is -0.119. The highest BCUT2D eigenvalue weighted by Gasteiger charge is 2.25. The number of pyridine rings is 1. The monoisotopic (exact) mass is 262 g/mol. The third-order valence-corrected chi connectivity index (χ3v) is 3.45. The smallest absolute Gasteiger partial charge is 0.241 e. The van der Waals surface area contributed by atoms with E-state index in [1.165, 1.54) is 0 Å². The third kappa shape index (κ3) is 3.44. The Balaban J connectivity index is 2.06. The minimum atomic E-state index is -0.0982. The maximum absolute atomic E-state index is 12.3. The van der Waals surface area contributed by atoms with Crippen LogP contribution in [0.3, 0.4) is 0 Å². The lowest BCUT2D eigenvalue weighted by Crippen LogP contribution is -2.45. The van der Waals surface area contributed by atoms with Gasteiger partial charge in [-0.1, -0.05) is 6.92 Å². The molecule has 1 saturated heterocycles. The molecule has 1 aromatic rings. The molecule has 2 atom stereocenters. The molecule has 2 N–H and O–H groups in total. The Morgan fingerprint density at radius 2 is 2.32 bits per heavy atom. The topological polar surface area (TPSA) is 57.3 Å². The molecule has 0 spiro atoms. The predicted octanol–water partition coefficient (Wildman–Crippen LogP) is 1.47. The Hall–Kier alpha value is -1.62. The molecule has 104 valence electrons. The molecule has 5 heteroatoms. The van der Waals surface area contributed by atoms with E-state index < -0.39 is 0 Å². The first kappa shape index (κ1) is 13.8. The van der Waals surface area contributed by atoms with E-state index in [1.807, 2.05) is 31.1 Å². The number of hydrogen-bond acceptors (Lipinski definition) is 4. The summed E-state index contributed by atoms with van der Waals surface area (Å²) >= 11 is 0. The van der Waals surface area contributed by atoms with Gasteiger partial charge in [0.1, 0.15) is 0 Å². The van der Waals surface area contributed by atoms with E-state index in [1.54, 1.807) is 6.20 Å². The summed E-state index contributed by atoms with van der Waals surface area (Å²) in [4.78, 5) is 18.4. The molecule has 0 aromatic carbocycles. The van der Waals surface area contributed by atoms with Crippen molar-refractivity contribution in [3.05, 3.63) is 18.3 Å². The van der Waals surface area contributed by atoms with Crippen LogP contribution in [-0.4, -0.2) is 37.6 Å². The highest BCUT2D eigenvalue weighted by molar-refractivity contribution is 5.97. The summed E-state index contributed by atoms with van der Waals surface area (Å²) in [6.07, 6.45) is 3.76. The molecule has 1 aliphatic rings. The Morgan fingerprint density at radius 3 is 3.00 bits per heavy atom. The number of carbonyl (C=O) groups is 1. The molecule has 1 fully saturated rings. The molecule has 2 unspecified atom stereocenters. The van der Waals surface area contributed by atoms with E-state index in [9.17, 15) is 4.79 Å². The summed E-state index contributed by atoms with van der Waals surface area (Å²) in [5.74, 6) is 1.40. The van der Waals surface area contributed by atoms with Gasteiger partial charge in [-0.2, -0.15) is 0 Å². The molecule has 5 nitrogen and oxygen atoms in total. The summed E-state index contributed by atoms with van der Waals surface area (Å²) in [6, 6.07) is 3.62. The number of carbonyl (C=O) groups excluding carboxylic acids is 1. The lowest BCUT2D eigenvalue weighted by atomic mass is 9.94. The molecule has 2 rings (SSSR count). The van der Waals surface area contributed by atoms with Crippen LogP contribution in [0.1, 0.15) is 19.8 Å². The first-order chi connectivity index (χ1) is 9.08. The van der Waals surface area contributed by atoms with Crippen molar-refractivity contribution in [2.45, 2.75) is 25.8 Å². The first-order valence-corrected chi connectivity index (χ1v) is 6.74. The largest absolute Gasteiger partial charge is 0.361 e. The van der Waals surface area contributed by atoms with E-state index in [4.69, 9.17) is 0 Å². The summed E-state index contributed by atoms with van der Waals surface area (Å²) < 4.78 is 0. The minimum Gasteiger partial charge on any atom is -0.361 e. The molecule has 0 bridgehead atoms. The van der Waals surface area contributed by atoms with E-state index in [0.29, 0.717) is 5.92 Å². The normalized spacial score (nSPS) is 22.9. The van der Waals surface area contributed by atoms with Crippen LogP contribution in [-0.2, 0) is 4.79 Å². The average molecular weight is 262 g/mol. The van der Waals surface area contributed by atoms with Gasteiger partial charge in [0.05, 0.1) is 11.7 Å². The quantitative estimate of drug-likeness (QED) is 0.866. The van der Waals surface area contributed by atoms with Gasteiger partial charge in [-0.15, -0.1) is 0 Å². The highest BCUT2D eigenvalue weighted by Crippen LogP contribution is 2.22. The second-order valence-corrected chi connectivity index (χ2v) is 5.39. The lowest BCUT2D eigenvalue weighted by Gasteiger charge is -2.27. The first-order valence-electron chi connectivity index (χ1n) is 6.74. The molecule has 19 heavy (non-hydrogen) atoms. The summed E-state index contributed by atoms with van der Waals surface area (Å²) in [5, 5.41) is 6.25. The molecule has 0 radical (unpaired) electrons. The Morgan fingerprint density at radius 1 is 1.53 bits per heavy atom. The molecule has 0 aliphatic carbocycles. The Kier molecular flexibility index (Phi) is 4.37. The van der Waals surface area contributed by atoms with Gasteiger partial charge in [-0.3, -0.25) is 4.79 Å². The number of anilines is 2. The zero-order valence-corrected chi connectivity index (χ0v) is 11.8. The number of hydrogen-bond donors (Lipinski definition) is 2. The van der Waals surface area contributed by atoms with Gasteiger partial charge in [0.2, 0.25) is 5.91 Å². The van der Waals surface area contributed by atoms with Crippen LogP contribution < -0.4 is 15.5 Å². The van der Waals surface area contributed by atoms with Gasteiger partial charge < -0.3 is 15.5 Å². The van der Waals surface area contributed by atoms with Crippen molar-refractivity contribution in [1.82, 2.24) is 10.3 Å². The van der Waals surface area contributed by atoms with Crippen molar-refractivity contribution in [2.24, 2.45) is 5.92 Å². The van der Waals surface area contributed by atoms with Gasteiger partial charge in [-0.05, 0) is 37.4 Å². The minimum absolute atomic E-state index is 0.0302. The standard InChI is InChI=1S/C14H22N4O/c1-10-6-8-15-12(9-10)14(19)17-11-5-4-7-16-13(11)18(2)3/h4-5,7,10,12,15H,6,8-9H2,1-3H3,(H,17,19). The zero-order valence-electron chi connectivity index (χ0n) is 11.8. The zero-order chi connectivity index (χ0) is 13.8. The van der Waals surface area contributed by atoms with Crippen molar-refractivity contribution in [3.63, 3.8) is 0 Å². The summed E-state index contributed by atoms with van der Waals surface area (Å²) in [5.41, 5.74) is 0.762. The maximum atomic E-state index is 12.3. The number of aromatic nitrogens is 1. The van der Waals surface area contributed by atoms with Crippen LogP contribution in [0.4, 0.5) is 11.5 Å². The SMILES string of the molecule is CC1CCNC(C(=O)Nc2cccnc2N(C)C)C1. The van der Waals surface area contributed by atoms with Gasteiger partial charge in [-0.25, -0.2) is 4.98 Å². The van der Waals surface area contributed by atoms with Crippen molar-refractivity contribution < 1.29 is 4.79 Å². The molecule has 1 aliphatic heterocycles. The predicted molar refractivity (Wildman–Crippen MR) is 77.4 cm³/mol. The summed E-state index contributed by atoms with van der Waals surface area (Å²) in [7, 11) is 3.83. The summed E-state index contributed by atoms with van der Waals surface area (Å²) in [6.45, 7) is 3.10. The second kappa shape index (κ2) is 6.02.